The SMILES string of the molecule is CC([N-]C(C)(C)C)[N-]C(C)(C)C.COCC1CCCC1.[CH3-].[La+3]. The number of rotatable bonds is 4. The first kappa shape index (κ1) is 27.9. The fourth-order valence-corrected chi connectivity index (χ4v) is 2.56. The molecule has 4 heteroatoms. The average molecular weight is 438 g/mol. The van der Waals surface area contributed by atoms with Gasteiger partial charge in [0, 0.05) is 13.7 Å². The molecule has 130 valence electrons. The summed E-state index contributed by atoms with van der Waals surface area (Å²) in [6.07, 6.45) is 5.74. The molecule has 0 saturated heterocycles. The minimum Gasteiger partial charge on any atom is -0.673 e. The zero-order valence-electron chi connectivity index (χ0n) is 16.6. The quantitative estimate of drug-likeness (QED) is 0.500. The van der Waals surface area contributed by atoms with E-state index in [-0.39, 0.29) is 60.3 Å². The fraction of sp³-hybridized carbons (Fsp3) is 0.944. The normalized spacial score (nSPS) is 15.7. The topological polar surface area (TPSA) is 37.4 Å². The van der Waals surface area contributed by atoms with Crippen LogP contribution in [0.3, 0.4) is 0 Å². The largest absolute Gasteiger partial charge is 3.00 e. The second-order valence-electron chi connectivity index (χ2n) is 7.84. The van der Waals surface area contributed by atoms with Crippen LogP contribution >= 0.6 is 0 Å². The molecule has 1 saturated carbocycles. The summed E-state index contributed by atoms with van der Waals surface area (Å²) in [5, 5.41) is 9.06. The molecule has 0 bridgehead atoms. The van der Waals surface area contributed by atoms with Crippen molar-refractivity contribution in [2.75, 3.05) is 13.7 Å². The second-order valence-corrected chi connectivity index (χ2v) is 7.84. The van der Waals surface area contributed by atoms with Gasteiger partial charge in [0.15, 0.2) is 0 Å². The first-order valence-electron chi connectivity index (χ1n) is 7.96. The van der Waals surface area contributed by atoms with E-state index in [2.05, 4.69) is 52.2 Å². The molecule has 0 aromatic rings. The predicted molar refractivity (Wildman–Crippen MR) is 95.9 cm³/mol. The molecular formula is C18H39LaN2O. The van der Waals surface area contributed by atoms with Gasteiger partial charge in [-0.15, -0.1) is 18.0 Å². The van der Waals surface area contributed by atoms with E-state index in [1.54, 1.807) is 7.11 Å². The Morgan fingerprint density at radius 3 is 1.59 bits per heavy atom. The van der Waals surface area contributed by atoms with Crippen LogP contribution < -0.4 is 0 Å². The van der Waals surface area contributed by atoms with Crippen LogP contribution in [-0.2, 0) is 4.74 Å². The Labute approximate surface area is 168 Å². The van der Waals surface area contributed by atoms with E-state index < -0.39 is 0 Å². The van der Waals surface area contributed by atoms with Gasteiger partial charge >= 0.3 is 35.6 Å². The van der Waals surface area contributed by atoms with Gasteiger partial charge in [-0.3, -0.25) is 0 Å². The van der Waals surface area contributed by atoms with Crippen LogP contribution in [0.1, 0.15) is 74.1 Å². The monoisotopic (exact) mass is 438 g/mol. The smallest absolute Gasteiger partial charge is 0.673 e. The Hall–Kier alpha value is 1.07. The van der Waals surface area contributed by atoms with Gasteiger partial charge < -0.3 is 22.8 Å². The van der Waals surface area contributed by atoms with Crippen molar-refractivity contribution >= 4 is 0 Å². The second kappa shape index (κ2) is 13.4. The van der Waals surface area contributed by atoms with Gasteiger partial charge in [0.2, 0.25) is 0 Å². The van der Waals surface area contributed by atoms with Crippen LogP contribution in [0.2, 0.25) is 0 Å². The summed E-state index contributed by atoms with van der Waals surface area (Å²) in [6.45, 7) is 15.6. The standard InChI is InChI=1S/C10H22N2.C7H14O.CH3.La/c1-8(11-9(2,3)4)12-10(5,6)7;1-8-6-7-4-2-3-5-7;;/h8H,1-7H3;7H,2-6H2,1H3;1H3;/q-2;;-1;+3. The maximum atomic E-state index is 5.03. The van der Waals surface area contributed by atoms with Crippen LogP contribution in [0.15, 0.2) is 0 Å². The molecule has 1 aliphatic rings. The summed E-state index contributed by atoms with van der Waals surface area (Å²) < 4.78 is 5.03. The Kier molecular flexibility index (Phi) is 17.0. The number of methoxy groups -OCH3 is 1. The molecular weight excluding hydrogens is 399 g/mol. The number of hydrogen-bond acceptors (Lipinski definition) is 1. The number of ether oxygens (including phenoxy) is 1. The summed E-state index contributed by atoms with van der Waals surface area (Å²) in [6, 6.07) is 0. The maximum absolute atomic E-state index is 5.03. The zero-order chi connectivity index (χ0) is 15.8. The first-order chi connectivity index (χ1) is 9.03. The molecule has 0 aromatic heterocycles. The van der Waals surface area contributed by atoms with Crippen molar-refractivity contribution in [3.05, 3.63) is 18.1 Å². The van der Waals surface area contributed by atoms with E-state index in [0.29, 0.717) is 0 Å². The molecule has 0 amide bonds. The van der Waals surface area contributed by atoms with Crippen molar-refractivity contribution in [3.63, 3.8) is 0 Å². The van der Waals surface area contributed by atoms with Crippen LogP contribution in [0.4, 0.5) is 0 Å². The summed E-state index contributed by atoms with van der Waals surface area (Å²) in [5.41, 5.74) is 0.0440. The molecule has 1 fully saturated rings. The molecule has 0 aliphatic heterocycles. The summed E-state index contributed by atoms with van der Waals surface area (Å²) in [4.78, 5) is 0. The summed E-state index contributed by atoms with van der Waals surface area (Å²) in [5.74, 6) is 0.889. The third-order valence-electron chi connectivity index (χ3n) is 3.03. The van der Waals surface area contributed by atoms with Crippen LogP contribution in [-0.4, -0.2) is 31.0 Å². The van der Waals surface area contributed by atoms with Crippen LogP contribution in [0.5, 0.6) is 0 Å². The third-order valence-corrected chi connectivity index (χ3v) is 3.03. The molecule has 0 atom stereocenters. The minimum absolute atomic E-state index is 0. The molecule has 3 nitrogen and oxygen atoms in total. The van der Waals surface area contributed by atoms with Gasteiger partial charge in [-0.05, 0) is 18.8 Å². The van der Waals surface area contributed by atoms with Gasteiger partial charge in [-0.2, -0.15) is 0 Å². The first-order valence-corrected chi connectivity index (χ1v) is 7.96. The van der Waals surface area contributed by atoms with Crippen molar-refractivity contribution < 1.29 is 40.3 Å². The number of hydrogen-bond donors (Lipinski definition) is 0. The Morgan fingerprint density at radius 2 is 1.32 bits per heavy atom. The molecule has 0 radical (unpaired) electrons. The Bertz CT molecular complexity index is 224. The van der Waals surface area contributed by atoms with Gasteiger partial charge in [0.25, 0.3) is 0 Å². The van der Waals surface area contributed by atoms with E-state index in [1.165, 1.54) is 25.7 Å². The van der Waals surface area contributed by atoms with Crippen LogP contribution in [0.25, 0.3) is 10.6 Å². The van der Waals surface area contributed by atoms with E-state index in [0.717, 1.165) is 12.5 Å². The molecule has 0 N–H and O–H groups in total. The number of nitrogens with zero attached hydrogens (tertiary/aromatic N) is 2. The summed E-state index contributed by atoms with van der Waals surface area (Å²) in [7, 11) is 1.79. The van der Waals surface area contributed by atoms with E-state index >= 15 is 0 Å². The van der Waals surface area contributed by atoms with Crippen LogP contribution in [0, 0.1) is 48.9 Å². The van der Waals surface area contributed by atoms with E-state index in [1.807, 2.05) is 6.92 Å². The van der Waals surface area contributed by atoms with Crippen molar-refractivity contribution in [2.24, 2.45) is 5.92 Å². The van der Waals surface area contributed by atoms with Crippen molar-refractivity contribution in [1.29, 1.82) is 0 Å². The van der Waals surface area contributed by atoms with Gasteiger partial charge in [-0.1, -0.05) is 54.4 Å². The van der Waals surface area contributed by atoms with Crippen molar-refractivity contribution in [1.82, 2.24) is 0 Å². The zero-order valence-corrected chi connectivity index (χ0v) is 20.2. The Balaban J connectivity index is -0.000000318. The maximum Gasteiger partial charge on any atom is 3.00 e. The Morgan fingerprint density at radius 1 is 0.955 bits per heavy atom. The van der Waals surface area contributed by atoms with Gasteiger partial charge in [-0.25, -0.2) is 6.17 Å². The molecule has 0 aromatic carbocycles. The van der Waals surface area contributed by atoms with Crippen molar-refractivity contribution in [2.45, 2.75) is 91.4 Å². The predicted octanol–water partition coefficient (Wildman–Crippen LogP) is 5.95. The molecule has 0 spiro atoms. The van der Waals surface area contributed by atoms with E-state index in [4.69, 9.17) is 4.74 Å². The van der Waals surface area contributed by atoms with Gasteiger partial charge in [0.1, 0.15) is 0 Å². The summed E-state index contributed by atoms with van der Waals surface area (Å²) >= 11 is 0. The molecule has 22 heavy (non-hydrogen) atoms. The molecule has 1 rings (SSSR count). The average Bonchev–Trinajstić information content (AvgIpc) is 2.65. The molecule has 0 heterocycles. The van der Waals surface area contributed by atoms with Crippen molar-refractivity contribution in [3.8, 4) is 0 Å². The molecule has 1 aliphatic carbocycles. The van der Waals surface area contributed by atoms with E-state index in [9.17, 15) is 0 Å². The molecule has 0 unspecified atom stereocenters. The van der Waals surface area contributed by atoms with Gasteiger partial charge in [0.05, 0.1) is 0 Å². The minimum atomic E-state index is 0. The third kappa shape index (κ3) is 19.1. The fourth-order valence-electron chi connectivity index (χ4n) is 2.56.